The number of likely N-dealkylation sites (tertiary alicyclic amines) is 1. The van der Waals surface area contributed by atoms with Crippen LogP contribution in [-0.4, -0.2) is 42.2 Å². The van der Waals surface area contributed by atoms with Crippen molar-refractivity contribution in [3.05, 3.63) is 78.1 Å². The third-order valence-corrected chi connectivity index (χ3v) is 6.08. The second kappa shape index (κ2) is 10.1. The van der Waals surface area contributed by atoms with E-state index in [-0.39, 0.29) is 11.7 Å². The number of piperidine rings is 1. The van der Waals surface area contributed by atoms with E-state index in [1.54, 1.807) is 30.3 Å². The minimum Gasteiger partial charge on any atom is -0.492 e. The van der Waals surface area contributed by atoms with Crippen molar-refractivity contribution >= 4 is 22.5 Å². The molecule has 1 aliphatic rings. The van der Waals surface area contributed by atoms with Crippen LogP contribution in [0.4, 0.5) is 10.1 Å². The Labute approximate surface area is 197 Å². The van der Waals surface area contributed by atoms with Crippen LogP contribution in [0.25, 0.3) is 22.2 Å². The Kier molecular flexibility index (Phi) is 6.53. The van der Waals surface area contributed by atoms with E-state index in [2.05, 4.69) is 15.4 Å². The molecule has 0 unspecified atom stereocenters. The Morgan fingerprint density at radius 3 is 2.53 bits per heavy atom. The molecule has 0 bridgehead atoms. The highest BCUT2D eigenvalue weighted by atomic mass is 19.1. The normalized spacial score (nSPS) is 14.3. The number of nitrogens with zero attached hydrogens (tertiary/aromatic N) is 2. The predicted molar refractivity (Wildman–Crippen MR) is 130 cm³/mol. The van der Waals surface area contributed by atoms with Gasteiger partial charge in [0.2, 0.25) is 0 Å². The number of rotatable bonds is 7. The second-order valence-corrected chi connectivity index (χ2v) is 8.48. The summed E-state index contributed by atoms with van der Waals surface area (Å²) < 4.78 is 24.6. The van der Waals surface area contributed by atoms with Crippen LogP contribution >= 0.6 is 0 Å². The minimum atomic E-state index is -0.328. The summed E-state index contributed by atoms with van der Waals surface area (Å²) in [5.74, 6) is 0.707. The van der Waals surface area contributed by atoms with Crippen molar-refractivity contribution in [2.45, 2.75) is 19.3 Å². The Morgan fingerprint density at radius 1 is 1.00 bits per heavy atom. The van der Waals surface area contributed by atoms with E-state index < -0.39 is 0 Å². The summed E-state index contributed by atoms with van der Waals surface area (Å²) >= 11 is 0. The van der Waals surface area contributed by atoms with Crippen molar-refractivity contribution in [2.24, 2.45) is 0 Å². The largest absolute Gasteiger partial charge is 0.492 e. The van der Waals surface area contributed by atoms with Gasteiger partial charge in [0.05, 0.1) is 5.39 Å². The number of amides is 1. The van der Waals surface area contributed by atoms with Gasteiger partial charge < -0.3 is 14.6 Å². The first-order chi connectivity index (χ1) is 16.7. The maximum Gasteiger partial charge on any atom is 0.255 e. The van der Waals surface area contributed by atoms with Crippen molar-refractivity contribution in [3.63, 3.8) is 0 Å². The number of aromatic nitrogens is 1. The van der Waals surface area contributed by atoms with Gasteiger partial charge in [-0.2, -0.15) is 0 Å². The molecule has 2 heterocycles. The number of benzene rings is 3. The van der Waals surface area contributed by atoms with E-state index in [1.807, 2.05) is 24.3 Å². The summed E-state index contributed by atoms with van der Waals surface area (Å²) in [6.45, 7) is 3.89. The molecule has 1 aromatic heterocycles. The van der Waals surface area contributed by atoms with Crippen LogP contribution < -0.4 is 10.1 Å². The first kappa shape index (κ1) is 22.1. The van der Waals surface area contributed by atoms with E-state index in [4.69, 9.17) is 9.26 Å². The lowest BCUT2D eigenvalue weighted by molar-refractivity contribution is 0.102. The van der Waals surface area contributed by atoms with Gasteiger partial charge in [0.25, 0.3) is 5.91 Å². The number of carbonyl (C=O) groups excluding carboxylic acids is 1. The molecule has 1 saturated heterocycles. The molecular weight excluding hydrogens is 433 g/mol. The van der Waals surface area contributed by atoms with Crippen molar-refractivity contribution < 1.29 is 18.4 Å². The summed E-state index contributed by atoms with van der Waals surface area (Å²) in [5, 5.41) is 7.65. The zero-order valence-corrected chi connectivity index (χ0v) is 18.8. The molecule has 6 nitrogen and oxygen atoms in total. The molecule has 0 spiro atoms. The number of hydrogen-bond acceptors (Lipinski definition) is 5. The fourth-order valence-corrected chi connectivity index (χ4v) is 4.21. The fraction of sp³-hybridized carbons (Fsp3) is 0.259. The number of anilines is 1. The lowest BCUT2D eigenvalue weighted by atomic mass is 10.1. The van der Waals surface area contributed by atoms with E-state index in [0.29, 0.717) is 40.1 Å². The molecule has 5 rings (SSSR count). The molecule has 1 N–H and O–H groups in total. The number of halogens is 1. The van der Waals surface area contributed by atoms with Crippen molar-refractivity contribution in [2.75, 3.05) is 31.6 Å². The van der Waals surface area contributed by atoms with Crippen LogP contribution in [0.5, 0.6) is 5.75 Å². The first-order valence-electron chi connectivity index (χ1n) is 11.6. The third kappa shape index (κ3) is 5.10. The number of ether oxygens (including phenoxy) is 1. The molecule has 0 radical (unpaired) electrons. The molecule has 0 saturated carbocycles. The third-order valence-electron chi connectivity index (χ3n) is 6.08. The van der Waals surface area contributed by atoms with Crippen LogP contribution in [0.15, 0.2) is 71.3 Å². The van der Waals surface area contributed by atoms with Gasteiger partial charge in [0, 0.05) is 23.4 Å². The average Bonchev–Trinajstić information content (AvgIpc) is 3.29. The molecule has 3 aromatic carbocycles. The monoisotopic (exact) mass is 459 g/mol. The molecule has 1 fully saturated rings. The predicted octanol–water partition coefficient (Wildman–Crippen LogP) is 5.75. The van der Waals surface area contributed by atoms with Gasteiger partial charge in [0.15, 0.2) is 5.76 Å². The van der Waals surface area contributed by atoms with Gasteiger partial charge in [-0.3, -0.25) is 9.69 Å². The summed E-state index contributed by atoms with van der Waals surface area (Å²) in [6, 6.07) is 18.5. The lowest BCUT2D eigenvalue weighted by Crippen LogP contribution is -2.33. The Bertz CT molecular complexity index is 1260. The van der Waals surface area contributed by atoms with E-state index in [0.717, 1.165) is 25.4 Å². The number of fused-ring (bicyclic) bond motifs is 1. The van der Waals surface area contributed by atoms with E-state index >= 15 is 0 Å². The highest BCUT2D eigenvalue weighted by molar-refractivity contribution is 6.07. The van der Waals surface area contributed by atoms with Crippen molar-refractivity contribution in [1.82, 2.24) is 10.1 Å². The lowest BCUT2D eigenvalue weighted by Gasteiger charge is -2.26. The quantitative estimate of drug-likeness (QED) is 0.381. The van der Waals surface area contributed by atoms with Crippen LogP contribution in [0.2, 0.25) is 0 Å². The summed E-state index contributed by atoms with van der Waals surface area (Å²) in [4.78, 5) is 15.3. The second-order valence-electron chi connectivity index (χ2n) is 8.48. The van der Waals surface area contributed by atoms with Gasteiger partial charge in [-0.05, 0) is 92.7 Å². The maximum atomic E-state index is 13.3. The van der Waals surface area contributed by atoms with Crippen LogP contribution in [0.3, 0.4) is 0 Å². The van der Waals surface area contributed by atoms with Crippen LogP contribution in [0.1, 0.15) is 29.6 Å². The Balaban J connectivity index is 1.22. The zero-order valence-electron chi connectivity index (χ0n) is 18.8. The highest BCUT2D eigenvalue weighted by Crippen LogP contribution is 2.30. The molecule has 4 aromatic rings. The molecular formula is C27H26FN3O3. The van der Waals surface area contributed by atoms with Gasteiger partial charge in [-0.15, -0.1) is 0 Å². The molecule has 1 aliphatic heterocycles. The summed E-state index contributed by atoms with van der Waals surface area (Å²) in [5.41, 5.74) is 2.47. The van der Waals surface area contributed by atoms with Gasteiger partial charge in [-0.1, -0.05) is 11.6 Å². The van der Waals surface area contributed by atoms with Gasteiger partial charge in [0.1, 0.15) is 23.7 Å². The zero-order chi connectivity index (χ0) is 23.3. The Hall–Kier alpha value is -3.71. The minimum absolute atomic E-state index is 0.244. The average molecular weight is 460 g/mol. The van der Waals surface area contributed by atoms with Gasteiger partial charge in [-0.25, -0.2) is 4.39 Å². The van der Waals surface area contributed by atoms with Crippen LogP contribution in [-0.2, 0) is 0 Å². The smallest absolute Gasteiger partial charge is 0.255 e. The summed E-state index contributed by atoms with van der Waals surface area (Å²) in [6.07, 6.45) is 3.87. The molecule has 7 heteroatoms. The first-order valence-corrected chi connectivity index (χ1v) is 11.6. The molecule has 174 valence electrons. The highest BCUT2D eigenvalue weighted by Gasteiger charge is 2.15. The fourth-order valence-electron chi connectivity index (χ4n) is 4.21. The number of hydrogen-bond donors (Lipinski definition) is 1. The summed E-state index contributed by atoms with van der Waals surface area (Å²) in [7, 11) is 0. The molecule has 0 atom stereocenters. The van der Waals surface area contributed by atoms with Crippen molar-refractivity contribution in [3.8, 4) is 17.1 Å². The molecule has 0 aliphatic carbocycles. The topological polar surface area (TPSA) is 67.6 Å². The Morgan fingerprint density at radius 2 is 1.76 bits per heavy atom. The molecule has 34 heavy (non-hydrogen) atoms. The maximum absolute atomic E-state index is 13.3. The molecule has 1 amide bonds. The number of carbonyl (C=O) groups is 1. The number of nitrogens with one attached hydrogen (secondary N) is 1. The van der Waals surface area contributed by atoms with E-state index in [1.165, 1.54) is 31.4 Å². The SMILES string of the molecule is O=C(Nc1ccc(OCCN2CCCCC2)cc1)c1ccc2noc(-c3ccc(F)cc3)c2c1. The standard InChI is InChI=1S/C27H26FN3O3/c28-21-7-4-19(5-8-21)26-24-18-20(6-13-25(24)30-34-26)27(32)29-22-9-11-23(12-10-22)33-17-16-31-14-2-1-3-15-31/h4-13,18H,1-3,14-17H2,(H,29,32). The van der Waals surface area contributed by atoms with E-state index in [9.17, 15) is 9.18 Å². The van der Waals surface area contributed by atoms with Gasteiger partial charge >= 0.3 is 0 Å². The van der Waals surface area contributed by atoms with Crippen molar-refractivity contribution in [1.29, 1.82) is 0 Å². The van der Waals surface area contributed by atoms with Crippen LogP contribution in [0, 0.1) is 5.82 Å².